The second-order valence-electron chi connectivity index (χ2n) is 8.22. The first-order valence-electron chi connectivity index (χ1n) is 10.4. The van der Waals surface area contributed by atoms with Crippen molar-refractivity contribution in [3.63, 3.8) is 0 Å². The van der Waals surface area contributed by atoms with Crippen molar-refractivity contribution in [3.05, 3.63) is 71.0 Å². The molecule has 30 heavy (non-hydrogen) atoms. The van der Waals surface area contributed by atoms with Crippen LogP contribution in [0.4, 0.5) is 4.39 Å². The molecule has 2 aromatic carbocycles. The van der Waals surface area contributed by atoms with Crippen LogP contribution in [0, 0.1) is 18.7 Å². The van der Waals surface area contributed by atoms with E-state index in [4.69, 9.17) is 4.74 Å². The number of carbonyl (C=O) groups is 2. The lowest BCUT2D eigenvalue weighted by Crippen LogP contribution is -2.51. The van der Waals surface area contributed by atoms with E-state index in [0.29, 0.717) is 49.8 Å². The van der Waals surface area contributed by atoms with E-state index in [1.165, 1.54) is 18.2 Å². The van der Waals surface area contributed by atoms with Gasteiger partial charge in [-0.25, -0.2) is 4.39 Å². The van der Waals surface area contributed by atoms with Gasteiger partial charge in [0.1, 0.15) is 5.82 Å². The largest absolute Gasteiger partial charge is 0.373 e. The average Bonchev–Trinajstić information content (AvgIpc) is 2.72. The lowest BCUT2D eigenvalue weighted by molar-refractivity contribution is -0.0340. The highest BCUT2D eigenvalue weighted by Crippen LogP contribution is 2.16. The van der Waals surface area contributed by atoms with Crippen LogP contribution >= 0.6 is 0 Å². The van der Waals surface area contributed by atoms with E-state index in [2.05, 4.69) is 13.8 Å². The maximum atomic E-state index is 13.5. The average molecular weight is 413 g/mol. The molecule has 5 nitrogen and oxygen atoms in total. The van der Waals surface area contributed by atoms with Gasteiger partial charge in [0.25, 0.3) is 11.8 Å². The van der Waals surface area contributed by atoms with Crippen LogP contribution in [0.5, 0.6) is 0 Å². The van der Waals surface area contributed by atoms with Gasteiger partial charge in [0.2, 0.25) is 0 Å². The summed E-state index contributed by atoms with van der Waals surface area (Å²) in [6, 6.07) is 13.2. The molecule has 0 N–H and O–H groups in total. The Labute approximate surface area is 177 Å². The molecule has 0 saturated carbocycles. The van der Waals surface area contributed by atoms with Crippen LogP contribution in [0.15, 0.2) is 48.5 Å². The van der Waals surface area contributed by atoms with Crippen molar-refractivity contribution >= 4 is 11.8 Å². The maximum absolute atomic E-state index is 13.5. The minimum absolute atomic E-state index is 0.0409. The van der Waals surface area contributed by atoms with E-state index in [9.17, 15) is 14.0 Å². The summed E-state index contributed by atoms with van der Waals surface area (Å²) in [6.45, 7) is 8.32. The summed E-state index contributed by atoms with van der Waals surface area (Å²) < 4.78 is 19.4. The molecule has 0 aliphatic carbocycles. The van der Waals surface area contributed by atoms with Crippen LogP contribution in [0.25, 0.3) is 0 Å². The van der Waals surface area contributed by atoms with E-state index in [1.807, 2.05) is 31.2 Å². The normalized spacial score (nSPS) is 16.6. The topological polar surface area (TPSA) is 49.9 Å². The summed E-state index contributed by atoms with van der Waals surface area (Å²) in [6.07, 6.45) is -0.288. The number of nitrogens with zero attached hydrogens (tertiary/aromatic N) is 2. The number of halogens is 1. The Bertz CT molecular complexity index is 882. The summed E-state index contributed by atoms with van der Waals surface area (Å²) in [5.74, 6) is -0.394. The third kappa shape index (κ3) is 5.66. The minimum atomic E-state index is -0.433. The van der Waals surface area contributed by atoms with Gasteiger partial charge in [-0.2, -0.15) is 0 Å². The number of morpholine rings is 1. The molecule has 2 amide bonds. The molecule has 1 saturated heterocycles. The van der Waals surface area contributed by atoms with Crippen molar-refractivity contribution in [2.24, 2.45) is 5.92 Å². The van der Waals surface area contributed by atoms with Gasteiger partial charge in [-0.3, -0.25) is 9.59 Å². The second kappa shape index (κ2) is 9.85. The van der Waals surface area contributed by atoms with Crippen LogP contribution in [0.1, 0.15) is 40.1 Å². The number of aryl methyl sites for hydroxylation is 1. The monoisotopic (exact) mass is 412 g/mol. The molecule has 1 fully saturated rings. The number of ether oxygens (including phenoxy) is 1. The molecule has 2 aromatic rings. The molecule has 0 aromatic heterocycles. The number of rotatable bonds is 6. The Morgan fingerprint density at radius 3 is 2.57 bits per heavy atom. The summed E-state index contributed by atoms with van der Waals surface area (Å²) in [5, 5.41) is 0. The SMILES string of the molecule is Cc1ccc(C(=O)N(CC(C)C)CC2CN(C(=O)c3cccc(F)c3)CCO2)cc1. The highest BCUT2D eigenvalue weighted by atomic mass is 19.1. The predicted octanol–water partition coefficient (Wildman–Crippen LogP) is 3.77. The lowest BCUT2D eigenvalue weighted by Gasteiger charge is -2.36. The van der Waals surface area contributed by atoms with Gasteiger partial charge in [-0.1, -0.05) is 37.6 Å². The van der Waals surface area contributed by atoms with Crippen LogP contribution in [-0.4, -0.2) is 60.5 Å². The van der Waals surface area contributed by atoms with E-state index in [0.717, 1.165) is 5.56 Å². The van der Waals surface area contributed by atoms with Crippen molar-refractivity contribution in [1.82, 2.24) is 9.80 Å². The highest BCUT2D eigenvalue weighted by Gasteiger charge is 2.28. The summed E-state index contributed by atoms with van der Waals surface area (Å²) >= 11 is 0. The number of amides is 2. The zero-order chi connectivity index (χ0) is 21.7. The van der Waals surface area contributed by atoms with E-state index < -0.39 is 5.82 Å². The van der Waals surface area contributed by atoms with Crippen molar-refractivity contribution in [1.29, 1.82) is 0 Å². The molecule has 0 spiro atoms. The molecule has 160 valence electrons. The first kappa shape index (κ1) is 22.0. The van der Waals surface area contributed by atoms with Crippen molar-refractivity contribution in [3.8, 4) is 0 Å². The van der Waals surface area contributed by atoms with E-state index in [-0.39, 0.29) is 17.9 Å². The first-order valence-corrected chi connectivity index (χ1v) is 10.4. The van der Waals surface area contributed by atoms with Gasteiger partial charge < -0.3 is 14.5 Å². The fourth-order valence-corrected chi connectivity index (χ4v) is 3.62. The van der Waals surface area contributed by atoms with Crippen molar-refractivity contribution in [2.75, 3.05) is 32.8 Å². The molecule has 1 heterocycles. The molecule has 1 atom stereocenters. The molecule has 3 rings (SSSR count). The molecule has 0 bridgehead atoms. The first-order chi connectivity index (χ1) is 14.3. The van der Waals surface area contributed by atoms with Crippen molar-refractivity contribution < 1.29 is 18.7 Å². The van der Waals surface area contributed by atoms with E-state index in [1.54, 1.807) is 15.9 Å². The van der Waals surface area contributed by atoms with Gasteiger partial charge in [0.15, 0.2) is 0 Å². The van der Waals surface area contributed by atoms with Crippen LogP contribution in [-0.2, 0) is 4.74 Å². The Morgan fingerprint density at radius 1 is 1.17 bits per heavy atom. The number of benzene rings is 2. The number of carbonyl (C=O) groups excluding carboxylic acids is 2. The van der Waals surface area contributed by atoms with Crippen LogP contribution in [0.2, 0.25) is 0 Å². The predicted molar refractivity (Wildman–Crippen MR) is 114 cm³/mol. The summed E-state index contributed by atoms with van der Waals surface area (Å²) in [5.41, 5.74) is 2.07. The van der Waals surface area contributed by atoms with Crippen LogP contribution < -0.4 is 0 Å². The fraction of sp³-hybridized carbons (Fsp3) is 0.417. The van der Waals surface area contributed by atoms with E-state index >= 15 is 0 Å². The minimum Gasteiger partial charge on any atom is -0.373 e. The van der Waals surface area contributed by atoms with Crippen LogP contribution in [0.3, 0.4) is 0 Å². The zero-order valence-electron chi connectivity index (χ0n) is 17.8. The quantitative estimate of drug-likeness (QED) is 0.726. The second-order valence-corrected chi connectivity index (χ2v) is 8.22. The van der Waals surface area contributed by atoms with Crippen molar-refractivity contribution in [2.45, 2.75) is 26.9 Å². The Morgan fingerprint density at radius 2 is 1.90 bits per heavy atom. The molecule has 1 aliphatic heterocycles. The number of hydrogen-bond acceptors (Lipinski definition) is 3. The standard InChI is InChI=1S/C24H29FN2O3/c1-17(2)14-27(23(28)19-9-7-18(3)8-10-19)16-22-15-26(11-12-30-22)24(29)20-5-4-6-21(25)13-20/h4-10,13,17,22H,11-12,14-16H2,1-3H3. The summed E-state index contributed by atoms with van der Waals surface area (Å²) in [7, 11) is 0. The van der Waals surface area contributed by atoms with Gasteiger partial charge >= 0.3 is 0 Å². The Hall–Kier alpha value is -2.73. The van der Waals surface area contributed by atoms with Gasteiger partial charge in [0.05, 0.1) is 12.7 Å². The fourth-order valence-electron chi connectivity index (χ4n) is 3.62. The highest BCUT2D eigenvalue weighted by molar-refractivity contribution is 5.95. The molecule has 0 radical (unpaired) electrons. The zero-order valence-corrected chi connectivity index (χ0v) is 17.8. The Balaban J connectivity index is 1.70. The smallest absolute Gasteiger partial charge is 0.254 e. The molecule has 6 heteroatoms. The molecule has 1 unspecified atom stereocenters. The molecule has 1 aliphatic rings. The van der Waals surface area contributed by atoms with Gasteiger partial charge in [-0.15, -0.1) is 0 Å². The number of hydrogen-bond donors (Lipinski definition) is 0. The lowest BCUT2D eigenvalue weighted by atomic mass is 10.1. The molecular formula is C24H29FN2O3. The van der Waals surface area contributed by atoms with Gasteiger partial charge in [0, 0.05) is 37.3 Å². The summed E-state index contributed by atoms with van der Waals surface area (Å²) in [4.78, 5) is 29.3. The molecular weight excluding hydrogens is 383 g/mol. The Kier molecular flexibility index (Phi) is 7.21. The maximum Gasteiger partial charge on any atom is 0.254 e. The third-order valence-corrected chi connectivity index (χ3v) is 5.09. The van der Waals surface area contributed by atoms with Gasteiger partial charge in [-0.05, 0) is 43.2 Å². The third-order valence-electron chi connectivity index (χ3n) is 5.09.